The minimum absolute atomic E-state index is 0.0101. The van der Waals surface area contributed by atoms with E-state index in [2.05, 4.69) is 42.3 Å². The van der Waals surface area contributed by atoms with E-state index in [0.717, 1.165) is 60.1 Å². The Balaban J connectivity index is 0.973. The maximum absolute atomic E-state index is 14.9. The summed E-state index contributed by atoms with van der Waals surface area (Å²) in [5, 5.41) is 19.2. The summed E-state index contributed by atoms with van der Waals surface area (Å²) in [6.45, 7) is 3.44. The molecule has 0 bridgehead atoms. The minimum Gasteiger partial charge on any atom is -0.490 e. The van der Waals surface area contributed by atoms with Crippen molar-refractivity contribution in [2.24, 2.45) is 0 Å². The normalized spacial score (nSPS) is 16.5. The second kappa shape index (κ2) is 14.1. The second-order valence-electron chi connectivity index (χ2n) is 13.2. The molecule has 5 heterocycles. The molecule has 1 saturated heterocycles. The van der Waals surface area contributed by atoms with Gasteiger partial charge in [0, 0.05) is 41.3 Å². The van der Waals surface area contributed by atoms with Crippen molar-refractivity contribution in [1.82, 2.24) is 34.5 Å². The Morgan fingerprint density at radius 2 is 1.85 bits per heavy atom. The molecule has 3 aromatic carbocycles. The fraction of sp³-hybridized carbons (Fsp3) is 0.297. The number of fused-ring (bicyclic) bond motifs is 2. The lowest BCUT2D eigenvalue weighted by Crippen LogP contribution is -2.49. The Labute approximate surface area is 301 Å². The molecule has 0 amide bonds. The van der Waals surface area contributed by atoms with Crippen LogP contribution in [0.4, 0.5) is 26.0 Å². The Bertz CT molecular complexity index is 2260. The summed E-state index contributed by atoms with van der Waals surface area (Å²) in [6.07, 6.45) is 4.38. The van der Waals surface area contributed by atoms with Crippen LogP contribution in [0, 0.1) is 11.6 Å². The molecule has 1 fully saturated rings. The molecule has 8 rings (SSSR count). The Hall–Kier alpha value is -5.22. The zero-order chi connectivity index (χ0) is 35.8. The van der Waals surface area contributed by atoms with Crippen molar-refractivity contribution in [3.63, 3.8) is 0 Å². The van der Waals surface area contributed by atoms with Crippen molar-refractivity contribution in [2.75, 3.05) is 43.4 Å². The van der Waals surface area contributed by atoms with E-state index in [1.807, 2.05) is 42.5 Å². The van der Waals surface area contributed by atoms with Gasteiger partial charge in [-0.15, -0.1) is 11.3 Å². The monoisotopic (exact) mass is 725 g/mol. The van der Waals surface area contributed by atoms with E-state index in [1.165, 1.54) is 34.7 Å². The predicted octanol–water partition coefficient (Wildman–Crippen LogP) is 4.57. The van der Waals surface area contributed by atoms with Gasteiger partial charge in [-0.05, 0) is 68.4 Å². The van der Waals surface area contributed by atoms with E-state index in [1.54, 1.807) is 4.57 Å². The molecule has 0 saturated carbocycles. The van der Waals surface area contributed by atoms with Crippen LogP contribution in [-0.4, -0.2) is 73.1 Å². The average Bonchev–Trinajstić information content (AvgIpc) is 3.81. The van der Waals surface area contributed by atoms with Gasteiger partial charge in [0.2, 0.25) is 0 Å². The number of anilines is 3. The predicted molar refractivity (Wildman–Crippen MR) is 195 cm³/mol. The van der Waals surface area contributed by atoms with Gasteiger partial charge >= 0.3 is 0 Å². The topological polar surface area (TPSA) is 140 Å². The molecule has 52 heavy (non-hydrogen) atoms. The van der Waals surface area contributed by atoms with Crippen LogP contribution in [0.15, 0.2) is 90.2 Å². The first-order valence-corrected chi connectivity index (χ1v) is 17.9. The standard InChI is InChI=1S/C37H37F2N9O3S/c38-24-6-8-29(30(39)16-24)37(50,21-46-23-41-22-43-46)20-42-25-10-12-45(13-11-25)19-28-18-32-35(52-28)44-34(40)36(49)48(32)27-7-9-33-31(17-27)47(14-15-51-33)26-4-2-1-3-5-26/h1-9,16-18,22-23,25,42,50H,10-15,19-21H2,(H2,40,44). The first-order chi connectivity index (χ1) is 25.2. The highest BCUT2D eigenvalue weighted by Crippen LogP contribution is 2.39. The van der Waals surface area contributed by atoms with Crippen LogP contribution in [-0.2, 0) is 18.7 Å². The summed E-state index contributed by atoms with van der Waals surface area (Å²) in [6, 6.07) is 21.1. The number of thiophene rings is 1. The molecule has 1 unspecified atom stereocenters. The van der Waals surface area contributed by atoms with Gasteiger partial charge in [-0.2, -0.15) is 5.10 Å². The van der Waals surface area contributed by atoms with Crippen molar-refractivity contribution < 1.29 is 18.6 Å². The van der Waals surface area contributed by atoms with E-state index in [4.69, 9.17) is 10.5 Å². The van der Waals surface area contributed by atoms with Gasteiger partial charge < -0.3 is 25.8 Å². The van der Waals surface area contributed by atoms with Crippen molar-refractivity contribution in [2.45, 2.75) is 37.6 Å². The molecule has 6 aromatic rings. The maximum atomic E-state index is 14.9. The number of aromatic nitrogens is 5. The number of para-hydroxylation sites is 1. The first kappa shape index (κ1) is 33.9. The highest BCUT2D eigenvalue weighted by molar-refractivity contribution is 7.18. The Morgan fingerprint density at radius 3 is 2.62 bits per heavy atom. The third-order valence-electron chi connectivity index (χ3n) is 9.73. The summed E-state index contributed by atoms with van der Waals surface area (Å²) >= 11 is 1.51. The first-order valence-electron chi connectivity index (χ1n) is 17.1. The molecule has 0 radical (unpaired) electrons. The van der Waals surface area contributed by atoms with Crippen LogP contribution in [0.2, 0.25) is 0 Å². The van der Waals surface area contributed by atoms with Crippen molar-refractivity contribution in [3.8, 4) is 11.4 Å². The van der Waals surface area contributed by atoms with Crippen LogP contribution < -0.4 is 26.2 Å². The number of nitrogens with one attached hydrogen (secondary N) is 1. The number of ether oxygens (including phenoxy) is 1. The van der Waals surface area contributed by atoms with Gasteiger partial charge in [-0.1, -0.05) is 24.3 Å². The van der Waals surface area contributed by atoms with Gasteiger partial charge in [0.25, 0.3) is 5.56 Å². The molecular weight excluding hydrogens is 689 g/mol. The number of hydrogen-bond donors (Lipinski definition) is 3. The summed E-state index contributed by atoms with van der Waals surface area (Å²) in [5.41, 5.74) is 7.39. The summed E-state index contributed by atoms with van der Waals surface area (Å²) in [4.78, 5) is 28.2. The third-order valence-corrected chi connectivity index (χ3v) is 10.7. The van der Waals surface area contributed by atoms with Gasteiger partial charge in [-0.3, -0.25) is 14.3 Å². The van der Waals surface area contributed by atoms with Crippen LogP contribution in [0.3, 0.4) is 0 Å². The molecule has 2 aliphatic rings. The maximum Gasteiger partial charge on any atom is 0.298 e. The Kier molecular flexibility index (Phi) is 9.17. The Morgan fingerprint density at radius 1 is 1.02 bits per heavy atom. The molecule has 2 aliphatic heterocycles. The fourth-order valence-corrected chi connectivity index (χ4v) is 8.18. The number of halogens is 2. The molecule has 15 heteroatoms. The van der Waals surface area contributed by atoms with E-state index in [0.29, 0.717) is 35.7 Å². The third kappa shape index (κ3) is 6.75. The molecule has 268 valence electrons. The molecular formula is C37H37F2N9O3S. The van der Waals surface area contributed by atoms with Gasteiger partial charge in [0.1, 0.15) is 47.1 Å². The van der Waals surface area contributed by atoms with Crippen LogP contribution >= 0.6 is 11.3 Å². The highest BCUT2D eigenvalue weighted by Gasteiger charge is 2.35. The van der Waals surface area contributed by atoms with Gasteiger partial charge in [0.15, 0.2) is 5.82 Å². The van der Waals surface area contributed by atoms with Gasteiger partial charge in [0.05, 0.1) is 30.0 Å². The van der Waals surface area contributed by atoms with E-state index in [9.17, 15) is 18.7 Å². The number of nitrogens with zero attached hydrogens (tertiary/aromatic N) is 7. The molecule has 4 N–H and O–H groups in total. The molecule has 1 atom stereocenters. The number of benzene rings is 3. The van der Waals surface area contributed by atoms with Crippen LogP contribution in [0.5, 0.6) is 5.75 Å². The number of piperidine rings is 1. The highest BCUT2D eigenvalue weighted by atomic mass is 32.1. The number of nitrogen functional groups attached to an aromatic ring is 1. The van der Waals surface area contributed by atoms with E-state index in [-0.39, 0.29) is 36.1 Å². The largest absolute Gasteiger partial charge is 0.490 e. The fourth-order valence-electron chi connectivity index (χ4n) is 7.11. The lowest BCUT2D eigenvalue weighted by molar-refractivity contribution is 0.00725. The van der Waals surface area contributed by atoms with Crippen molar-refractivity contribution in [3.05, 3.63) is 118 Å². The second-order valence-corrected chi connectivity index (χ2v) is 14.3. The lowest BCUT2D eigenvalue weighted by atomic mass is 9.92. The lowest BCUT2D eigenvalue weighted by Gasteiger charge is -2.35. The number of likely N-dealkylation sites (tertiary alicyclic amines) is 1. The summed E-state index contributed by atoms with van der Waals surface area (Å²) in [5.74, 6) is -0.851. The van der Waals surface area contributed by atoms with Crippen LogP contribution in [0.1, 0.15) is 23.3 Å². The quantitative estimate of drug-likeness (QED) is 0.184. The average molecular weight is 726 g/mol. The zero-order valence-electron chi connectivity index (χ0n) is 28.2. The number of hydrogen-bond acceptors (Lipinski definition) is 11. The van der Waals surface area contributed by atoms with Gasteiger partial charge in [-0.25, -0.2) is 23.4 Å². The van der Waals surface area contributed by atoms with E-state index >= 15 is 0 Å². The van der Waals surface area contributed by atoms with E-state index < -0.39 is 17.2 Å². The molecule has 3 aromatic heterocycles. The summed E-state index contributed by atoms with van der Waals surface area (Å²) in [7, 11) is 0. The molecule has 0 spiro atoms. The minimum atomic E-state index is -1.69. The zero-order valence-corrected chi connectivity index (χ0v) is 29.0. The number of aliphatic hydroxyl groups is 1. The smallest absolute Gasteiger partial charge is 0.298 e. The summed E-state index contributed by atoms with van der Waals surface area (Å²) < 4.78 is 37.6. The van der Waals surface area contributed by atoms with Crippen LogP contribution in [0.25, 0.3) is 16.0 Å². The van der Waals surface area contributed by atoms with Crippen molar-refractivity contribution >= 4 is 38.9 Å². The number of nitrogens with two attached hydrogens (primary N) is 1. The SMILES string of the molecule is Nc1nc2sc(CN3CCC(NCC(O)(Cn4cncn4)c4ccc(F)cc4F)CC3)cc2n(-c2ccc3c(c2)N(c2ccccc2)CCO3)c1=O. The molecule has 0 aliphatic carbocycles. The number of rotatable bonds is 10. The van der Waals surface area contributed by atoms with Crippen molar-refractivity contribution in [1.29, 1.82) is 0 Å². The molecule has 12 nitrogen and oxygen atoms in total.